The third kappa shape index (κ3) is 2.92. The van der Waals surface area contributed by atoms with Crippen LogP contribution in [-0.4, -0.2) is 27.7 Å². The van der Waals surface area contributed by atoms with E-state index in [1.54, 1.807) is 12.4 Å². The van der Waals surface area contributed by atoms with Crippen molar-refractivity contribution in [3.63, 3.8) is 0 Å². The van der Waals surface area contributed by atoms with E-state index in [4.69, 9.17) is 0 Å². The summed E-state index contributed by atoms with van der Waals surface area (Å²) < 4.78 is 0. The van der Waals surface area contributed by atoms with Gasteiger partial charge in [0, 0.05) is 24.9 Å². The summed E-state index contributed by atoms with van der Waals surface area (Å²) in [6.45, 7) is 2.74. The fourth-order valence-electron chi connectivity index (χ4n) is 2.13. The Bertz CT molecular complexity index is 326. The quantitative estimate of drug-likeness (QED) is 0.816. The van der Waals surface area contributed by atoms with E-state index in [0.29, 0.717) is 11.9 Å². The minimum atomic E-state index is -0.160. The molecule has 0 aliphatic heterocycles. The fourth-order valence-corrected chi connectivity index (χ4v) is 2.13. The van der Waals surface area contributed by atoms with E-state index < -0.39 is 0 Å². The average molecular weight is 221 g/mol. The number of aliphatic hydroxyl groups excluding tert-OH is 1. The molecule has 0 aromatic carbocycles. The van der Waals surface area contributed by atoms with Gasteiger partial charge in [-0.2, -0.15) is 0 Å². The van der Waals surface area contributed by atoms with E-state index >= 15 is 0 Å². The van der Waals surface area contributed by atoms with E-state index in [1.807, 2.05) is 6.92 Å². The number of hydrogen-bond donors (Lipinski definition) is 2. The van der Waals surface area contributed by atoms with Crippen LogP contribution in [0, 0.1) is 12.8 Å². The molecule has 1 heterocycles. The highest BCUT2D eigenvalue weighted by Gasteiger charge is 2.22. The lowest BCUT2D eigenvalue weighted by molar-refractivity contribution is 0.0762. The second kappa shape index (κ2) is 5.25. The Kier molecular flexibility index (Phi) is 3.72. The largest absolute Gasteiger partial charge is 0.393 e. The third-order valence-corrected chi connectivity index (χ3v) is 3.17. The first kappa shape index (κ1) is 11.3. The molecule has 2 atom stereocenters. The zero-order valence-corrected chi connectivity index (χ0v) is 9.69. The topological polar surface area (TPSA) is 58.0 Å². The molecule has 16 heavy (non-hydrogen) atoms. The minimum absolute atomic E-state index is 0.160. The third-order valence-electron chi connectivity index (χ3n) is 3.17. The lowest BCUT2D eigenvalue weighted by Gasteiger charge is -2.27. The van der Waals surface area contributed by atoms with Crippen LogP contribution in [0.4, 0.5) is 5.95 Å². The number of aliphatic hydroxyl groups is 1. The van der Waals surface area contributed by atoms with Crippen molar-refractivity contribution < 1.29 is 5.11 Å². The molecule has 1 aliphatic rings. The van der Waals surface area contributed by atoms with Gasteiger partial charge in [-0.1, -0.05) is 12.8 Å². The molecular formula is C12H19N3O. The number of nitrogens with one attached hydrogen (secondary N) is 1. The molecule has 2 rings (SSSR count). The van der Waals surface area contributed by atoms with Crippen LogP contribution < -0.4 is 5.32 Å². The molecular weight excluding hydrogens is 202 g/mol. The summed E-state index contributed by atoms with van der Waals surface area (Å²) in [5, 5.41) is 13.0. The maximum atomic E-state index is 9.81. The zero-order valence-electron chi connectivity index (χ0n) is 9.69. The zero-order chi connectivity index (χ0) is 11.4. The van der Waals surface area contributed by atoms with Gasteiger partial charge in [0.1, 0.15) is 0 Å². The van der Waals surface area contributed by atoms with Gasteiger partial charge in [0.15, 0.2) is 0 Å². The summed E-state index contributed by atoms with van der Waals surface area (Å²) in [7, 11) is 0. The first-order valence-electron chi connectivity index (χ1n) is 5.96. The van der Waals surface area contributed by atoms with Crippen molar-refractivity contribution in [2.75, 3.05) is 11.9 Å². The van der Waals surface area contributed by atoms with Crippen molar-refractivity contribution in [1.82, 2.24) is 9.97 Å². The molecule has 0 radical (unpaired) electrons. The normalized spacial score (nSPS) is 25.4. The smallest absolute Gasteiger partial charge is 0.222 e. The number of anilines is 1. The Balaban J connectivity index is 1.84. The standard InChI is InChI=1S/C12H19N3O/c1-9-6-13-12(14-7-9)15-8-10-4-2-3-5-11(10)16/h6-7,10-11,16H,2-5,8H2,1H3,(H,13,14,15). The molecule has 0 bridgehead atoms. The summed E-state index contributed by atoms with van der Waals surface area (Å²) in [5.41, 5.74) is 1.06. The minimum Gasteiger partial charge on any atom is -0.393 e. The van der Waals surface area contributed by atoms with Gasteiger partial charge in [-0.05, 0) is 25.3 Å². The summed E-state index contributed by atoms with van der Waals surface area (Å²) in [5.74, 6) is 1.00. The molecule has 0 amide bonds. The molecule has 1 aromatic heterocycles. The monoisotopic (exact) mass is 221 g/mol. The number of aromatic nitrogens is 2. The van der Waals surface area contributed by atoms with Crippen LogP contribution in [0.15, 0.2) is 12.4 Å². The summed E-state index contributed by atoms with van der Waals surface area (Å²) in [6, 6.07) is 0. The predicted octanol–water partition coefficient (Wildman–Crippen LogP) is 1.75. The van der Waals surface area contributed by atoms with Crippen LogP contribution in [0.1, 0.15) is 31.2 Å². The number of aryl methyl sites for hydroxylation is 1. The lowest BCUT2D eigenvalue weighted by atomic mass is 9.86. The van der Waals surface area contributed by atoms with Gasteiger partial charge in [-0.15, -0.1) is 0 Å². The van der Waals surface area contributed by atoms with Crippen LogP contribution in [-0.2, 0) is 0 Å². The molecule has 1 aromatic rings. The fraction of sp³-hybridized carbons (Fsp3) is 0.667. The maximum Gasteiger partial charge on any atom is 0.222 e. The van der Waals surface area contributed by atoms with Crippen LogP contribution >= 0.6 is 0 Å². The van der Waals surface area contributed by atoms with Crippen LogP contribution in [0.5, 0.6) is 0 Å². The van der Waals surface area contributed by atoms with Gasteiger partial charge >= 0.3 is 0 Å². The van der Waals surface area contributed by atoms with Gasteiger partial charge in [0.2, 0.25) is 5.95 Å². The number of nitrogens with zero attached hydrogens (tertiary/aromatic N) is 2. The average Bonchev–Trinajstić information content (AvgIpc) is 2.30. The van der Waals surface area contributed by atoms with Crippen molar-refractivity contribution in [1.29, 1.82) is 0 Å². The van der Waals surface area contributed by atoms with Gasteiger partial charge in [0.05, 0.1) is 6.10 Å². The van der Waals surface area contributed by atoms with Crippen molar-refractivity contribution >= 4 is 5.95 Å². The van der Waals surface area contributed by atoms with E-state index in [1.165, 1.54) is 6.42 Å². The second-order valence-corrected chi connectivity index (χ2v) is 4.58. The Morgan fingerprint density at radius 1 is 1.31 bits per heavy atom. The van der Waals surface area contributed by atoms with Crippen molar-refractivity contribution in [2.45, 2.75) is 38.7 Å². The number of hydrogen-bond acceptors (Lipinski definition) is 4. The molecule has 4 heteroatoms. The molecule has 88 valence electrons. The Hall–Kier alpha value is -1.16. The summed E-state index contributed by atoms with van der Waals surface area (Å²) in [4.78, 5) is 8.37. The first-order valence-corrected chi connectivity index (χ1v) is 5.96. The molecule has 1 aliphatic carbocycles. The molecule has 0 spiro atoms. The van der Waals surface area contributed by atoms with Crippen LogP contribution in [0.25, 0.3) is 0 Å². The van der Waals surface area contributed by atoms with Gasteiger partial charge in [-0.3, -0.25) is 0 Å². The highest BCUT2D eigenvalue weighted by Crippen LogP contribution is 2.24. The summed E-state index contributed by atoms with van der Waals surface area (Å²) in [6.07, 6.45) is 7.84. The molecule has 1 saturated carbocycles. The highest BCUT2D eigenvalue weighted by atomic mass is 16.3. The second-order valence-electron chi connectivity index (χ2n) is 4.58. The maximum absolute atomic E-state index is 9.81. The van der Waals surface area contributed by atoms with Crippen molar-refractivity contribution in [3.05, 3.63) is 18.0 Å². The van der Waals surface area contributed by atoms with E-state index in [-0.39, 0.29) is 6.10 Å². The van der Waals surface area contributed by atoms with Crippen LogP contribution in [0.3, 0.4) is 0 Å². The molecule has 2 N–H and O–H groups in total. The van der Waals surface area contributed by atoms with Gasteiger partial charge in [0.25, 0.3) is 0 Å². The van der Waals surface area contributed by atoms with Crippen molar-refractivity contribution in [3.8, 4) is 0 Å². The SMILES string of the molecule is Cc1cnc(NCC2CCCCC2O)nc1. The summed E-state index contributed by atoms with van der Waals surface area (Å²) >= 11 is 0. The highest BCUT2D eigenvalue weighted by molar-refractivity contribution is 5.24. The first-order chi connectivity index (χ1) is 7.75. The number of rotatable bonds is 3. The molecule has 1 fully saturated rings. The Labute approximate surface area is 96.1 Å². The Morgan fingerprint density at radius 2 is 2.00 bits per heavy atom. The molecule has 0 saturated heterocycles. The molecule has 4 nitrogen and oxygen atoms in total. The van der Waals surface area contributed by atoms with E-state index in [2.05, 4.69) is 15.3 Å². The van der Waals surface area contributed by atoms with Gasteiger partial charge in [-0.25, -0.2) is 9.97 Å². The molecule has 2 unspecified atom stereocenters. The van der Waals surface area contributed by atoms with Crippen molar-refractivity contribution in [2.24, 2.45) is 5.92 Å². The Morgan fingerprint density at radius 3 is 2.69 bits per heavy atom. The lowest BCUT2D eigenvalue weighted by Crippen LogP contribution is -2.30. The predicted molar refractivity (Wildman–Crippen MR) is 63.2 cm³/mol. The van der Waals surface area contributed by atoms with E-state index in [0.717, 1.165) is 31.4 Å². The van der Waals surface area contributed by atoms with Crippen LogP contribution in [0.2, 0.25) is 0 Å². The van der Waals surface area contributed by atoms with Gasteiger partial charge < -0.3 is 10.4 Å². The van der Waals surface area contributed by atoms with E-state index in [9.17, 15) is 5.11 Å².